The van der Waals surface area contributed by atoms with Gasteiger partial charge in [0.25, 0.3) is 5.56 Å². The monoisotopic (exact) mass is 322 g/mol. The van der Waals surface area contributed by atoms with Crippen LogP contribution in [0.25, 0.3) is 10.2 Å². The number of esters is 1. The minimum Gasteiger partial charge on any atom is -0.469 e. The molecule has 5 nitrogen and oxygen atoms in total. The number of carbonyl (C=O) groups is 1. The van der Waals surface area contributed by atoms with E-state index >= 15 is 0 Å². The third-order valence-corrected chi connectivity index (χ3v) is 4.76. The topological polar surface area (TPSA) is 61.2 Å². The van der Waals surface area contributed by atoms with E-state index in [1.807, 2.05) is 19.9 Å². The van der Waals surface area contributed by atoms with Gasteiger partial charge in [-0.15, -0.1) is 11.3 Å². The molecule has 0 bridgehead atoms. The standard InChI is InChI=1S/C16H22N2O3S/c1-5-11-9-12-15(22-11)17-14(10(2)3)18(16(12)20)8-6-7-13(19)21-4/h9-10H,5-8H2,1-4H3. The highest BCUT2D eigenvalue weighted by atomic mass is 32.1. The van der Waals surface area contributed by atoms with Crippen molar-refractivity contribution in [2.75, 3.05) is 7.11 Å². The molecule has 0 N–H and O–H groups in total. The van der Waals surface area contributed by atoms with Gasteiger partial charge in [0.05, 0.1) is 12.5 Å². The number of methoxy groups -OCH3 is 1. The summed E-state index contributed by atoms with van der Waals surface area (Å²) in [5, 5.41) is 0.685. The minimum atomic E-state index is -0.253. The van der Waals surface area contributed by atoms with Crippen molar-refractivity contribution in [1.29, 1.82) is 0 Å². The summed E-state index contributed by atoms with van der Waals surface area (Å²) >= 11 is 1.59. The highest BCUT2D eigenvalue weighted by molar-refractivity contribution is 7.18. The summed E-state index contributed by atoms with van der Waals surface area (Å²) in [4.78, 5) is 30.6. The molecule has 0 spiro atoms. The summed E-state index contributed by atoms with van der Waals surface area (Å²) in [7, 11) is 1.37. The SMILES string of the molecule is CCc1cc2c(=O)n(CCCC(=O)OC)c(C(C)C)nc2s1. The summed E-state index contributed by atoms with van der Waals surface area (Å²) in [6, 6.07) is 1.94. The molecule has 6 heteroatoms. The zero-order chi connectivity index (χ0) is 16.3. The molecule has 0 atom stereocenters. The van der Waals surface area contributed by atoms with Gasteiger partial charge in [-0.1, -0.05) is 20.8 Å². The van der Waals surface area contributed by atoms with Crippen LogP contribution in [0.2, 0.25) is 0 Å². The van der Waals surface area contributed by atoms with E-state index in [-0.39, 0.29) is 17.4 Å². The lowest BCUT2D eigenvalue weighted by Gasteiger charge is -2.14. The molecule has 120 valence electrons. The van der Waals surface area contributed by atoms with Crippen LogP contribution < -0.4 is 5.56 Å². The number of carbonyl (C=O) groups excluding carboxylic acids is 1. The second-order valence-electron chi connectivity index (χ2n) is 5.55. The lowest BCUT2D eigenvalue weighted by atomic mass is 10.2. The van der Waals surface area contributed by atoms with E-state index in [9.17, 15) is 9.59 Å². The molecular weight excluding hydrogens is 300 g/mol. The van der Waals surface area contributed by atoms with Crippen LogP contribution in [0.3, 0.4) is 0 Å². The van der Waals surface area contributed by atoms with Gasteiger partial charge in [-0.25, -0.2) is 4.98 Å². The van der Waals surface area contributed by atoms with Crippen molar-refractivity contribution in [3.63, 3.8) is 0 Å². The van der Waals surface area contributed by atoms with Crippen molar-refractivity contribution in [2.45, 2.75) is 52.5 Å². The molecule has 0 radical (unpaired) electrons. The number of aromatic nitrogens is 2. The zero-order valence-electron chi connectivity index (χ0n) is 13.5. The molecule has 0 amide bonds. The first kappa shape index (κ1) is 16.7. The molecule has 0 aliphatic heterocycles. The van der Waals surface area contributed by atoms with Crippen molar-refractivity contribution in [3.8, 4) is 0 Å². The number of thiophene rings is 1. The quantitative estimate of drug-likeness (QED) is 0.767. The van der Waals surface area contributed by atoms with Crippen LogP contribution in [0, 0.1) is 0 Å². The third-order valence-electron chi connectivity index (χ3n) is 3.59. The number of hydrogen-bond acceptors (Lipinski definition) is 5. The molecule has 0 saturated carbocycles. The predicted molar refractivity (Wildman–Crippen MR) is 88.6 cm³/mol. The van der Waals surface area contributed by atoms with Gasteiger partial charge in [0.2, 0.25) is 0 Å². The van der Waals surface area contributed by atoms with Gasteiger partial charge >= 0.3 is 5.97 Å². The lowest BCUT2D eigenvalue weighted by molar-refractivity contribution is -0.140. The van der Waals surface area contributed by atoms with Crippen LogP contribution in [0.15, 0.2) is 10.9 Å². The second kappa shape index (κ2) is 7.05. The first-order chi connectivity index (χ1) is 10.5. The fourth-order valence-electron chi connectivity index (χ4n) is 2.40. The summed E-state index contributed by atoms with van der Waals surface area (Å²) in [6.45, 7) is 6.61. The molecule has 0 fully saturated rings. The van der Waals surface area contributed by atoms with Crippen molar-refractivity contribution in [2.24, 2.45) is 0 Å². The molecule has 2 rings (SSSR count). The highest BCUT2D eigenvalue weighted by Gasteiger charge is 2.16. The van der Waals surface area contributed by atoms with Crippen LogP contribution in [-0.4, -0.2) is 22.6 Å². The Morgan fingerprint density at radius 3 is 2.77 bits per heavy atom. The fraction of sp³-hybridized carbons (Fsp3) is 0.562. The first-order valence-corrected chi connectivity index (χ1v) is 8.39. The average Bonchev–Trinajstić information content (AvgIpc) is 2.92. The fourth-order valence-corrected chi connectivity index (χ4v) is 3.36. The molecule has 0 aliphatic rings. The van der Waals surface area contributed by atoms with Gasteiger partial charge in [-0.2, -0.15) is 0 Å². The van der Waals surface area contributed by atoms with Crippen LogP contribution in [0.4, 0.5) is 0 Å². The van der Waals surface area contributed by atoms with Crippen LogP contribution in [0.1, 0.15) is 50.2 Å². The predicted octanol–water partition coefficient (Wildman–Crippen LogP) is 3.10. The highest BCUT2D eigenvalue weighted by Crippen LogP contribution is 2.24. The van der Waals surface area contributed by atoms with Gasteiger partial charge in [-0.3, -0.25) is 14.2 Å². The number of aryl methyl sites for hydroxylation is 1. The molecule has 2 heterocycles. The molecule has 0 unspecified atom stereocenters. The Bertz CT molecular complexity index is 731. The molecule has 0 aromatic carbocycles. The lowest BCUT2D eigenvalue weighted by Crippen LogP contribution is -2.26. The van der Waals surface area contributed by atoms with E-state index in [4.69, 9.17) is 0 Å². The summed E-state index contributed by atoms with van der Waals surface area (Å²) in [5.41, 5.74) is -0.00508. The number of hydrogen-bond donors (Lipinski definition) is 0. The van der Waals surface area contributed by atoms with Gasteiger partial charge < -0.3 is 4.74 Å². The maximum atomic E-state index is 12.7. The maximum Gasteiger partial charge on any atom is 0.305 e. The number of nitrogens with zero attached hydrogens (tertiary/aromatic N) is 2. The number of rotatable bonds is 6. The van der Waals surface area contributed by atoms with Crippen molar-refractivity contribution in [3.05, 3.63) is 27.1 Å². The van der Waals surface area contributed by atoms with Gasteiger partial charge in [0.15, 0.2) is 0 Å². The molecule has 2 aromatic heterocycles. The van der Waals surface area contributed by atoms with E-state index in [0.29, 0.717) is 24.8 Å². The van der Waals surface area contributed by atoms with Gasteiger partial charge in [0.1, 0.15) is 10.7 Å². The Hall–Kier alpha value is -1.69. The van der Waals surface area contributed by atoms with Crippen LogP contribution in [-0.2, 0) is 22.5 Å². The molecular formula is C16H22N2O3S. The van der Waals surface area contributed by atoms with E-state index in [1.165, 1.54) is 12.0 Å². The maximum absolute atomic E-state index is 12.7. The molecule has 2 aromatic rings. The second-order valence-corrected chi connectivity index (χ2v) is 6.66. The summed E-state index contributed by atoms with van der Waals surface area (Å²) in [6.07, 6.45) is 1.78. The Morgan fingerprint density at radius 2 is 2.18 bits per heavy atom. The normalized spacial score (nSPS) is 11.3. The Balaban J connectivity index is 2.41. The summed E-state index contributed by atoms with van der Waals surface area (Å²) in [5.74, 6) is 0.686. The van der Waals surface area contributed by atoms with E-state index in [0.717, 1.165) is 17.1 Å². The van der Waals surface area contributed by atoms with E-state index in [1.54, 1.807) is 15.9 Å². The van der Waals surface area contributed by atoms with Gasteiger partial charge in [0, 0.05) is 23.8 Å². The summed E-state index contributed by atoms with van der Waals surface area (Å²) < 4.78 is 6.35. The Morgan fingerprint density at radius 1 is 1.45 bits per heavy atom. The first-order valence-electron chi connectivity index (χ1n) is 7.57. The van der Waals surface area contributed by atoms with E-state index < -0.39 is 0 Å². The third kappa shape index (κ3) is 3.38. The van der Waals surface area contributed by atoms with Crippen molar-refractivity contribution < 1.29 is 9.53 Å². The van der Waals surface area contributed by atoms with Gasteiger partial charge in [-0.05, 0) is 18.9 Å². The Labute approximate surface area is 133 Å². The average molecular weight is 322 g/mol. The van der Waals surface area contributed by atoms with Crippen LogP contribution >= 0.6 is 11.3 Å². The minimum absolute atomic E-state index is 0.00508. The van der Waals surface area contributed by atoms with E-state index in [2.05, 4.69) is 16.6 Å². The Kier molecular flexibility index (Phi) is 5.34. The molecule has 0 aliphatic carbocycles. The van der Waals surface area contributed by atoms with Crippen molar-refractivity contribution in [1.82, 2.24) is 9.55 Å². The number of fused-ring (bicyclic) bond motifs is 1. The smallest absolute Gasteiger partial charge is 0.305 e. The number of ether oxygens (including phenoxy) is 1. The van der Waals surface area contributed by atoms with Crippen molar-refractivity contribution >= 4 is 27.5 Å². The largest absolute Gasteiger partial charge is 0.469 e. The molecule has 0 saturated heterocycles. The van der Waals surface area contributed by atoms with Crippen LogP contribution in [0.5, 0.6) is 0 Å². The zero-order valence-corrected chi connectivity index (χ0v) is 14.3. The molecule has 22 heavy (non-hydrogen) atoms.